The van der Waals surface area contributed by atoms with Crippen LogP contribution in [0.3, 0.4) is 0 Å². The van der Waals surface area contributed by atoms with Crippen LogP contribution in [0.1, 0.15) is 15.9 Å². The van der Waals surface area contributed by atoms with Gasteiger partial charge in [-0.25, -0.2) is 4.98 Å². The fourth-order valence-electron chi connectivity index (χ4n) is 2.05. The Labute approximate surface area is 145 Å². The van der Waals surface area contributed by atoms with E-state index >= 15 is 0 Å². The average molecular weight is 358 g/mol. The number of hydrogen-bond donors (Lipinski definition) is 2. The molecule has 2 aromatic carbocycles. The van der Waals surface area contributed by atoms with Crippen LogP contribution in [0.25, 0.3) is 0 Å². The van der Waals surface area contributed by atoms with Gasteiger partial charge in [-0.1, -0.05) is 53.8 Å². The number of carbonyl (C=O) groups is 1. The number of anilines is 1. The molecule has 0 saturated heterocycles. The molecule has 0 saturated carbocycles. The van der Waals surface area contributed by atoms with Crippen molar-refractivity contribution in [3.8, 4) is 5.75 Å². The number of nitrogens with one attached hydrogen (secondary N) is 1. The minimum Gasteiger partial charge on any atom is -0.507 e. The smallest absolute Gasteiger partial charge is 0.261 e. The molecule has 1 aromatic heterocycles. The third kappa shape index (κ3) is 3.87. The van der Waals surface area contributed by atoms with Crippen LogP contribution >= 0.6 is 11.3 Å². The summed E-state index contributed by atoms with van der Waals surface area (Å²) in [5.74, 6) is -0.155. The van der Waals surface area contributed by atoms with Gasteiger partial charge >= 0.3 is 0 Å². The Bertz CT molecular complexity index is 878. The van der Waals surface area contributed by atoms with Gasteiger partial charge in [0, 0.05) is 0 Å². The number of phenolic OH excluding ortho intramolecular Hbond substituents is 1. The second-order valence-corrected chi connectivity index (χ2v) is 7.64. The summed E-state index contributed by atoms with van der Waals surface area (Å²) in [4.78, 5) is 16.2. The highest BCUT2D eigenvalue weighted by atomic mass is 32.2. The topological polar surface area (TPSA) is 79.3 Å². The van der Waals surface area contributed by atoms with E-state index in [0.717, 1.165) is 16.9 Å². The first kappa shape index (κ1) is 16.4. The maximum atomic E-state index is 12.4. The van der Waals surface area contributed by atoms with Crippen molar-refractivity contribution < 1.29 is 14.1 Å². The van der Waals surface area contributed by atoms with Crippen molar-refractivity contribution in [1.29, 1.82) is 0 Å². The number of nitrogens with zero attached hydrogens (tertiary/aromatic N) is 1. The molecule has 0 aliphatic carbocycles. The van der Waals surface area contributed by atoms with Gasteiger partial charge in [-0.3, -0.25) is 14.3 Å². The number of amides is 1. The highest BCUT2D eigenvalue weighted by Crippen LogP contribution is 2.25. The zero-order valence-electron chi connectivity index (χ0n) is 12.5. The van der Waals surface area contributed by atoms with E-state index in [4.69, 9.17) is 0 Å². The van der Waals surface area contributed by atoms with E-state index in [-0.39, 0.29) is 11.3 Å². The molecule has 5 nitrogen and oxygen atoms in total. The normalized spacial score (nSPS) is 11.8. The Kier molecular flexibility index (Phi) is 5.02. The molecule has 24 heavy (non-hydrogen) atoms. The van der Waals surface area contributed by atoms with Gasteiger partial charge < -0.3 is 5.11 Å². The molecule has 0 spiro atoms. The van der Waals surface area contributed by atoms with Gasteiger partial charge in [0.25, 0.3) is 5.91 Å². The summed E-state index contributed by atoms with van der Waals surface area (Å²) in [5.41, 5.74) is 1.14. The molecular weight excluding hydrogens is 344 g/mol. The molecule has 2 N–H and O–H groups in total. The van der Waals surface area contributed by atoms with E-state index in [0.29, 0.717) is 15.1 Å². The third-order valence-electron chi connectivity index (χ3n) is 3.22. The van der Waals surface area contributed by atoms with Crippen LogP contribution in [-0.4, -0.2) is 20.2 Å². The van der Waals surface area contributed by atoms with Gasteiger partial charge in [0.1, 0.15) is 9.96 Å². The fraction of sp³-hybridized carbons (Fsp3) is 0.0588. The summed E-state index contributed by atoms with van der Waals surface area (Å²) >= 11 is 1.16. The minimum absolute atomic E-state index is 0.0977. The first-order chi connectivity index (χ1) is 11.6. The van der Waals surface area contributed by atoms with Crippen molar-refractivity contribution in [2.75, 3.05) is 5.32 Å². The first-order valence-electron chi connectivity index (χ1n) is 7.11. The Hall–Kier alpha value is -2.51. The van der Waals surface area contributed by atoms with Crippen molar-refractivity contribution in [3.63, 3.8) is 0 Å². The zero-order chi connectivity index (χ0) is 16.9. The standard InChI is InChI=1S/C17H14N2O3S2/c20-14-9-5-4-8-13(14)16(21)19-17-18-10-15(23-17)24(22)11-12-6-2-1-3-7-12/h1-10,20H,11H2,(H,18,19,21). The number of aromatic hydroxyl groups is 1. The largest absolute Gasteiger partial charge is 0.507 e. The van der Waals surface area contributed by atoms with Crippen molar-refractivity contribution in [2.24, 2.45) is 0 Å². The monoisotopic (exact) mass is 358 g/mol. The van der Waals surface area contributed by atoms with Crippen molar-refractivity contribution in [3.05, 3.63) is 71.9 Å². The van der Waals surface area contributed by atoms with Gasteiger partial charge in [0.05, 0.1) is 28.3 Å². The Balaban J connectivity index is 1.68. The molecule has 1 atom stereocenters. The van der Waals surface area contributed by atoms with Gasteiger partial charge in [-0.15, -0.1) is 0 Å². The van der Waals surface area contributed by atoms with E-state index in [1.807, 2.05) is 30.3 Å². The second kappa shape index (κ2) is 7.37. The fourth-order valence-corrected chi connectivity index (χ4v) is 4.19. The molecule has 122 valence electrons. The van der Waals surface area contributed by atoms with Gasteiger partial charge in [-0.2, -0.15) is 0 Å². The summed E-state index contributed by atoms with van der Waals surface area (Å²) in [6, 6.07) is 15.8. The van der Waals surface area contributed by atoms with Crippen molar-refractivity contribution in [1.82, 2.24) is 4.98 Å². The molecule has 0 aliphatic heterocycles. The van der Waals surface area contributed by atoms with Gasteiger partial charge in [0.15, 0.2) is 5.13 Å². The molecular formula is C17H14N2O3S2. The Morgan fingerprint density at radius 2 is 1.83 bits per heavy atom. The van der Waals surface area contributed by atoms with Crippen LogP contribution in [0.5, 0.6) is 5.75 Å². The first-order valence-corrected chi connectivity index (χ1v) is 9.24. The average Bonchev–Trinajstić information content (AvgIpc) is 3.05. The minimum atomic E-state index is -1.22. The number of aromatic nitrogens is 1. The molecule has 0 fully saturated rings. The van der Waals surface area contributed by atoms with Gasteiger partial charge in [0.2, 0.25) is 0 Å². The lowest BCUT2D eigenvalue weighted by Gasteiger charge is -2.03. The zero-order valence-corrected chi connectivity index (χ0v) is 14.1. The van der Waals surface area contributed by atoms with Crippen LogP contribution in [0, 0.1) is 0 Å². The quantitative estimate of drug-likeness (QED) is 0.732. The molecule has 1 heterocycles. The number of carbonyl (C=O) groups excluding carboxylic acids is 1. The van der Waals surface area contributed by atoms with Crippen LogP contribution in [-0.2, 0) is 16.6 Å². The molecule has 0 radical (unpaired) electrons. The maximum Gasteiger partial charge on any atom is 0.261 e. The van der Waals surface area contributed by atoms with Crippen molar-refractivity contribution in [2.45, 2.75) is 9.96 Å². The summed E-state index contributed by atoms with van der Waals surface area (Å²) in [7, 11) is -1.22. The third-order valence-corrected chi connectivity index (χ3v) is 5.88. The second-order valence-electron chi connectivity index (χ2n) is 4.93. The Morgan fingerprint density at radius 1 is 1.12 bits per heavy atom. The predicted octanol–water partition coefficient (Wildman–Crippen LogP) is 3.41. The molecule has 3 aromatic rings. The van der Waals surface area contributed by atoms with E-state index < -0.39 is 16.7 Å². The molecule has 1 amide bonds. The van der Waals surface area contributed by atoms with Crippen molar-refractivity contribution >= 4 is 33.2 Å². The van der Waals surface area contributed by atoms with Gasteiger partial charge in [-0.05, 0) is 17.7 Å². The molecule has 1 unspecified atom stereocenters. The highest BCUT2D eigenvalue weighted by molar-refractivity contribution is 7.86. The number of phenols is 1. The lowest BCUT2D eigenvalue weighted by Crippen LogP contribution is -2.11. The predicted molar refractivity (Wildman–Crippen MR) is 94.7 cm³/mol. The van der Waals surface area contributed by atoms with E-state index in [1.54, 1.807) is 12.1 Å². The van der Waals surface area contributed by atoms with Crippen LogP contribution in [0.15, 0.2) is 65.0 Å². The molecule has 7 heteroatoms. The number of para-hydroxylation sites is 1. The summed E-state index contributed by atoms with van der Waals surface area (Å²) < 4.78 is 13.0. The molecule has 3 rings (SSSR count). The van der Waals surface area contributed by atoms with Crippen LogP contribution in [0.2, 0.25) is 0 Å². The summed E-state index contributed by atoms with van der Waals surface area (Å²) in [6.45, 7) is 0. The maximum absolute atomic E-state index is 12.4. The molecule has 0 aliphatic rings. The SMILES string of the molecule is O=C(Nc1ncc(S(=O)Cc2ccccc2)s1)c1ccccc1O. The number of thiazole rings is 1. The Morgan fingerprint density at radius 3 is 2.58 bits per heavy atom. The number of benzene rings is 2. The van der Waals surface area contributed by atoms with E-state index in [1.165, 1.54) is 18.3 Å². The summed E-state index contributed by atoms with van der Waals surface area (Å²) in [6.07, 6.45) is 1.50. The van der Waals surface area contributed by atoms with E-state index in [9.17, 15) is 14.1 Å². The lowest BCUT2D eigenvalue weighted by molar-refractivity contribution is 0.102. The lowest BCUT2D eigenvalue weighted by atomic mass is 10.2. The number of rotatable bonds is 5. The highest BCUT2D eigenvalue weighted by Gasteiger charge is 2.14. The van der Waals surface area contributed by atoms with Crippen LogP contribution in [0.4, 0.5) is 5.13 Å². The summed E-state index contributed by atoms with van der Waals surface area (Å²) in [5, 5.41) is 12.6. The molecule has 0 bridgehead atoms. The number of hydrogen-bond acceptors (Lipinski definition) is 5. The van der Waals surface area contributed by atoms with Crippen LogP contribution < -0.4 is 5.32 Å². The van der Waals surface area contributed by atoms with E-state index in [2.05, 4.69) is 10.3 Å².